The second kappa shape index (κ2) is 4.61. The fourth-order valence-corrected chi connectivity index (χ4v) is 2.74. The molecule has 1 atom stereocenters. The van der Waals surface area contributed by atoms with E-state index >= 15 is 0 Å². The van der Waals surface area contributed by atoms with Crippen LogP contribution in [-0.4, -0.2) is 29.0 Å². The molecule has 0 aromatic carbocycles. The molecule has 0 radical (unpaired) electrons. The van der Waals surface area contributed by atoms with Crippen LogP contribution in [0, 0.1) is 0 Å². The minimum atomic E-state index is -0.537. The van der Waals surface area contributed by atoms with Gasteiger partial charge in [-0.25, -0.2) is 4.79 Å². The molecule has 6 heteroatoms. The number of ether oxygens (including phenoxy) is 1. The van der Waals surface area contributed by atoms with Crippen LogP contribution in [0.2, 0.25) is 0 Å². The van der Waals surface area contributed by atoms with Crippen molar-refractivity contribution in [2.24, 2.45) is 5.73 Å². The van der Waals surface area contributed by atoms with E-state index in [9.17, 15) is 4.79 Å². The Hall–Kier alpha value is -1.56. The molecule has 2 aliphatic rings. The van der Waals surface area contributed by atoms with Crippen molar-refractivity contribution < 1.29 is 9.53 Å². The molecule has 6 nitrogen and oxygen atoms in total. The van der Waals surface area contributed by atoms with Crippen molar-refractivity contribution in [2.45, 2.75) is 38.2 Å². The van der Waals surface area contributed by atoms with Crippen LogP contribution in [0.5, 0.6) is 0 Å². The van der Waals surface area contributed by atoms with E-state index in [0.717, 1.165) is 62.3 Å². The lowest BCUT2D eigenvalue weighted by Gasteiger charge is -2.08. The van der Waals surface area contributed by atoms with Crippen molar-refractivity contribution in [3.8, 4) is 0 Å². The van der Waals surface area contributed by atoms with Gasteiger partial charge in [0, 0.05) is 18.7 Å². The highest BCUT2D eigenvalue weighted by atomic mass is 16.5. The van der Waals surface area contributed by atoms with Gasteiger partial charge < -0.3 is 15.8 Å². The first-order valence-electron chi connectivity index (χ1n) is 6.54. The minimum Gasteiger partial charge on any atom is -0.372 e. The Balaban J connectivity index is 2.05. The average molecular weight is 250 g/mol. The van der Waals surface area contributed by atoms with E-state index in [1.54, 1.807) is 0 Å². The smallest absolute Gasteiger partial charge is 0.341 e. The normalized spacial score (nSPS) is 23.2. The van der Waals surface area contributed by atoms with Gasteiger partial charge in [0.15, 0.2) is 0 Å². The zero-order valence-electron chi connectivity index (χ0n) is 10.3. The summed E-state index contributed by atoms with van der Waals surface area (Å²) in [6, 6.07) is -0.537. The zero-order valence-corrected chi connectivity index (χ0v) is 10.3. The van der Waals surface area contributed by atoms with Gasteiger partial charge in [-0.3, -0.25) is 0 Å². The molecular weight excluding hydrogens is 232 g/mol. The molecule has 98 valence electrons. The maximum Gasteiger partial charge on any atom is 0.341 e. The third kappa shape index (κ3) is 1.86. The number of rotatable bonds is 1. The molecule has 3 heterocycles. The first kappa shape index (κ1) is 11.5. The highest BCUT2D eigenvalue weighted by Gasteiger charge is 2.29. The summed E-state index contributed by atoms with van der Waals surface area (Å²) in [5.41, 5.74) is 7.39. The molecule has 2 aliphatic heterocycles. The summed E-state index contributed by atoms with van der Waals surface area (Å²) < 4.78 is 6.97. The SMILES string of the molecule is NC(=O)n1nc(C2CCCO2)c2c1NCCCC2. The van der Waals surface area contributed by atoms with Crippen molar-refractivity contribution in [1.82, 2.24) is 9.78 Å². The zero-order chi connectivity index (χ0) is 12.5. The van der Waals surface area contributed by atoms with E-state index in [1.807, 2.05) is 0 Å². The van der Waals surface area contributed by atoms with Crippen LogP contribution in [0.1, 0.15) is 43.0 Å². The van der Waals surface area contributed by atoms with Crippen molar-refractivity contribution in [3.05, 3.63) is 11.3 Å². The second-order valence-corrected chi connectivity index (χ2v) is 4.85. The number of amides is 1. The summed E-state index contributed by atoms with van der Waals surface area (Å²) in [6.45, 7) is 1.63. The third-order valence-corrected chi connectivity index (χ3v) is 3.60. The van der Waals surface area contributed by atoms with Crippen LogP contribution in [0.25, 0.3) is 0 Å². The Morgan fingerprint density at radius 2 is 2.33 bits per heavy atom. The summed E-state index contributed by atoms with van der Waals surface area (Å²) in [4.78, 5) is 11.5. The molecule has 1 amide bonds. The topological polar surface area (TPSA) is 82.2 Å². The Morgan fingerprint density at radius 1 is 1.44 bits per heavy atom. The van der Waals surface area contributed by atoms with E-state index in [-0.39, 0.29) is 6.10 Å². The van der Waals surface area contributed by atoms with E-state index in [4.69, 9.17) is 10.5 Å². The molecule has 1 fully saturated rings. The van der Waals surface area contributed by atoms with Crippen molar-refractivity contribution >= 4 is 11.8 Å². The number of aromatic nitrogens is 2. The number of fused-ring (bicyclic) bond motifs is 1. The Morgan fingerprint density at radius 3 is 3.06 bits per heavy atom. The van der Waals surface area contributed by atoms with Gasteiger partial charge >= 0.3 is 6.03 Å². The average Bonchev–Trinajstić information content (AvgIpc) is 2.91. The fourth-order valence-electron chi connectivity index (χ4n) is 2.74. The molecule has 0 spiro atoms. The molecule has 0 saturated carbocycles. The molecule has 0 aliphatic carbocycles. The van der Waals surface area contributed by atoms with Gasteiger partial charge in [-0.2, -0.15) is 9.78 Å². The maximum atomic E-state index is 11.5. The Bertz CT molecular complexity index is 463. The van der Waals surface area contributed by atoms with Gasteiger partial charge in [-0.15, -0.1) is 0 Å². The third-order valence-electron chi connectivity index (χ3n) is 3.60. The summed E-state index contributed by atoms with van der Waals surface area (Å²) in [5.74, 6) is 0.769. The molecule has 0 bridgehead atoms. The van der Waals surface area contributed by atoms with Gasteiger partial charge in [0.2, 0.25) is 0 Å². The molecular formula is C12H18N4O2. The molecule has 3 rings (SSSR count). The summed E-state index contributed by atoms with van der Waals surface area (Å²) >= 11 is 0. The highest BCUT2D eigenvalue weighted by Crippen LogP contribution is 2.35. The second-order valence-electron chi connectivity index (χ2n) is 4.85. The number of carbonyl (C=O) groups excluding carboxylic acids is 1. The molecule has 1 unspecified atom stereocenters. The van der Waals surface area contributed by atoms with E-state index < -0.39 is 6.03 Å². The fraction of sp³-hybridized carbons (Fsp3) is 0.667. The number of anilines is 1. The molecule has 18 heavy (non-hydrogen) atoms. The number of carbonyl (C=O) groups is 1. The van der Waals surface area contributed by atoms with Crippen molar-refractivity contribution in [3.63, 3.8) is 0 Å². The van der Waals surface area contributed by atoms with Gasteiger partial charge in [-0.1, -0.05) is 0 Å². The van der Waals surface area contributed by atoms with E-state index in [1.165, 1.54) is 4.68 Å². The van der Waals surface area contributed by atoms with Crippen LogP contribution < -0.4 is 11.1 Å². The lowest BCUT2D eigenvalue weighted by molar-refractivity contribution is 0.107. The molecule has 1 aromatic rings. The molecule has 1 aromatic heterocycles. The number of nitrogens with two attached hydrogens (primary N) is 1. The number of hydrogen-bond donors (Lipinski definition) is 2. The van der Waals surface area contributed by atoms with Gasteiger partial charge in [-0.05, 0) is 32.1 Å². The van der Waals surface area contributed by atoms with Crippen LogP contribution >= 0.6 is 0 Å². The lowest BCUT2D eigenvalue weighted by Crippen LogP contribution is -2.23. The standard InChI is InChI=1S/C12H18N4O2/c13-12(17)16-11-8(4-1-2-6-14-11)10(15-16)9-5-3-7-18-9/h9,14H,1-7H2,(H2,13,17). The number of nitrogens with one attached hydrogen (secondary N) is 1. The van der Waals surface area contributed by atoms with Crippen LogP contribution in [-0.2, 0) is 11.2 Å². The lowest BCUT2D eigenvalue weighted by atomic mass is 10.0. The summed E-state index contributed by atoms with van der Waals surface area (Å²) in [6.07, 6.45) is 5.19. The molecule has 1 saturated heterocycles. The predicted octanol–water partition coefficient (Wildman–Crippen LogP) is 1.41. The van der Waals surface area contributed by atoms with E-state index in [2.05, 4.69) is 10.4 Å². The first-order chi connectivity index (χ1) is 8.77. The number of nitrogens with zero attached hydrogens (tertiary/aromatic N) is 2. The van der Waals surface area contributed by atoms with Crippen molar-refractivity contribution in [2.75, 3.05) is 18.5 Å². The monoisotopic (exact) mass is 250 g/mol. The van der Waals surface area contributed by atoms with Gasteiger partial charge in [0.25, 0.3) is 0 Å². The number of primary amides is 1. The van der Waals surface area contributed by atoms with Crippen LogP contribution in [0.3, 0.4) is 0 Å². The Labute approximate surface area is 105 Å². The van der Waals surface area contributed by atoms with Crippen molar-refractivity contribution in [1.29, 1.82) is 0 Å². The highest BCUT2D eigenvalue weighted by molar-refractivity contribution is 5.79. The minimum absolute atomic E-state index is 0.0271. The van der Waals surface area contributed by atoms with Gasteiger partial charge in [0.1, 0.15) is 11.9 Å². The first-order valence-corrected chi connectivity index (χ1v) is 6.54. The van der Waals surface area contributed by atoms with E-state index in [0.29, 0.717) is 0 Å². The predicted molar refractivity (Wildman–Crippen MR) is 66.6 cm³/mol. The van der Waals surface area contributed by atoms with Crippen LogP contribution in [0.4, 0.5) is 10.6 Å². The quantitative estimate of drug-likeness (QED) is 0.789. The summed E-state index contributed by atoms with van der Waals surface area (Å²) in [7, 11) is 0. The maximum absolute atomic E-state index is 11.5. The number of hydrogen-bond acceptors (Lipinski definition) is 4. The molecule has 3 N–H and O–H groups in total. The summed E-state index contributed by atoms with van der Waals surface area (Å²) in [5, 5.41) is 7.63. The largest absolute Gasteiger partial charge is 0.372 e. The van der Waals surface area contributed by atoms with Crippen LogP contribution in [0.15, 0.2) is 0 Å². The Kier molecular flexibility index (Phi) is 2.95. The van der Waals surface area contributed by atoms with Gasteiger partial charge in [0.05, 0.1) is 5.69 Å².